The number of urea groups is 1. The van der Waals surface area contributed by atoms with Gasteiger partial charge in [-0.05, 0) is 67.5 Å². The molecule has 1 aliphatic heterocycles. The fourth-order valence-corrected chi connectivity index (χ4v) is 6.15. The third-order valence-electron chi connectivity index (χ3n) is 9.14. The van der Waals surface area contributed by atoms with Crippen molar-refractivity contribution in [3.8, 4) is 11.4 Å². The highest BCUT2D eigenvalue weighted by Gasteiger charge is 2.24. The molecule has 0 aliphatic carbocycles. The Morgan fingerprint density at radius 2 is 1.64 bits per heavy atom. The summed E-state index contributed by atoms with van der Waals surface area (Å²) >= 11 is 0. The number of carbonyl (C=O) groups excluding carboxylic acids is 1. The monoisotopic (exact) mass is 681 g/mol. The van der Waals surface area contributed by atoms with E-state index >= 15 is 0 Å². The Bertz CT molecular complexity index is 1870. The number of H-pyrrole nitrogens is 2. The van der Waals surface area contributed by atoms with E-state index in [9.17, 15) is 4.79 Å². The lowest BCUT2D eigenvalue weighted by atomic mass is 9.89. The second-order valence-electron chi connectivity index (χ2n) is 15.7. The van der Waals surface area contributed by atoms with Crippen molar-refractivity contribution in [1.29, 1.82) is 0 Å². The maximum atomic E-state index is 12.5. The first-order valence-electron chi connectivity index (χ1n) is 17.6. The molecule has 6 rings (SSSR count). The number of ether oxygens (including phenoxy) is 2. The average Bonchev–Trinajstić information content (AvgIpc) is 3.84. The van der Waals surface area contributed by atoms with Crippen LogP contribution in [0.1, 0.15) is 79.1 Å². The number of aromatic amines is 2. The lowest BCUT2D eigenvalue weighted by molar-refractivity contribution is -0.0414. The Morgan fingerprint density at radius 3 is 2.30 bits per heavy atom. The number of hydrogen-bond acceptors (Lipinski definition) is 7. The number of imidazole rings is 1. The molecule has 266 valence electrons. The molecule has 12 nitrogen and oxygen atoms in total. The van der Waals surface area contributed by atoms with Gasteiger partial charge in [0.25, 0.3) is 0 Å². The number of aromatic nitrogens is 6. The van der Waals surface area contributed by atoms with E-state index in [-0.39, 0.29) is 23.0 Å². The minimum absolute atomic E-state index is 0.0347. The van der Waals surface area contributed by atoms with E-state index in [1.54, 1.807) is 6.33 Å². The summed E-state index contributed by atoms with van der Waals surface area (Å²) in [5.74, 6) is 3.39. The van der Waals surface area contributed by atoms with Crippen LogP contribution < -0.4 is 20.7 Å². The van der Waals surface area contributed by atoms with Gasteiger partial charge in [-0.25, -0.2) is 9.78 Å². The first-order valence-corrected chi connectivity index (χ1v) is 17.6. The Hall–Kier alpha value is -4.84. The SMILES string of the molecule is CC(CNc1cc(C(C)(C)C)n[nH]1)CC1CCC(COc2ccc3c(c2)ncn3-c2ccc(NC(=O)Nc3cc(C(C)(C)C)n[nH]3)cc2)OC1. The van der Waals surface area contributed by atoms with Crippen molar-refractivity contribution >= 4 is 34.4 Å². The molecule has 5 aromatic rings. The minimum Gasteiger partial charge on any atom is -0.491 e. The second-order valence-corrected chi connectivity index (χ2v) is 15.7. The molecule has 3 atom stereocenters. The fraction of sp³-hybridized carbons (Fsp3) is 0.474. The standard InChI is InChI=1S/C38H51N9O3/c1-24(20-39-34-18-32(43-45-34)37(2,3)4)16-25-8-13-29(49-21-25)22-50-28-14-15-31-30(17-28)40-23-47(31)27-11-9-26(10-12-27)41-36(48)42-35-19-33(44-46-35)38(5,6)7/h9-12,14-15,17-19,23-25,29H,8,13,16,20-22H2,1-7H3,(H2,39,43,45)(H3,41,42,44,46,48). The zero-order valence-electron chi connectivity index (χ0n) is 30.3. The molecule has 12 heteroatoms. The number of nitrogens with zero attached hydrogens (tertiary/aromatic N) is 4. The molecular weight excluding hydrogens is 630 g/mol. The van der Waals surface area contributed by atoms with E-state index in [2.05, 4.69) is 95.9 Å². The molecule has 3 unspecified atom stereocenters. The van der Waals surface area contributed by atoms with Crippen LogP contribution in [0.25, 0.3) is 16.7 Å². The average molecular weight is 682 g/mol. The highest BCUT2D eigenvalue weighted by molar-refractivity contribution is 5.99. The van der Waals surface area contributed by atoms with Crippen molar-refractivity contribution in [2.24, 2.45) is 11.8 Å². The largest absolute Gasteiger partial charge is 0.491 e. The van der Waals surface area contributed by atoms with Gasteiger partial charge in [0, 0.05) is 53.6 Å². The van der Waals surface area contributed by atoms with Crippen molar-refractivity contribution < 1.29 is 14.3 Å². The minimum atomic E-state index is -0.347. The molecule has 1 aliphatic rings. The lowest BCUT2D eigenvalue weighted by Crippen LogP contribution is -2.31. The quantitative estimate of drug-likeness (QED) is 0.0949. The second kappa shape index (κ2) is 14.6. The van der Waals surface area contributed by atoms with Gasteiger partial charge < -0.3 is 20.1 Å². The number of amides is 2. The van der Waals surface area contributed by atoms with E-state index in [4.69, 9.17) is 9.47 Å². The van der Waals surface area contributed by atoms with Gasteiger partial charge in [0.05, 0.1) is 28.5 Å². The van der Waals surface area contributed by atoms with Gasteiger partial charge in [-0.15, -0.1) is 0 Å². The van der Waals surface area contributed by atoms with Crippen molar-refractivity contribution in [3.05, 3.63) is 72.3 Å². The molecule has 2 amide bonds. The topological polar surface area (TPSA) is 147 Å². The molecular formula is C38H51N9O3. The maximum Gasteiger partial charge on any atom is 0.324 e. The molecule has 50 heavy (non-hydrogen) atoms. The summed E-state index contributed by atoms with van der Waals surface area (Å²) in [5.41, 5.74) is 5.28. The normalized spacial score (nSPS) is 17.4. The third kappa shape index (κ3) is 8.84. The van der Waals surface area contributed by atoms with E-state index in [0.29, 0.717) is 29.9 Å². The molecule has 0 saturated carbocycles. The lowest BCUT2D eigenvalue weighted by Gasteiger charge is -2.30. The predicted octanol–water partition coefficient (Wildman–Crippen LogP) is 8.02. The number of carbonyl (C=O) groups is 1. The summed E-state index contributed by atoms with van der Waals surface area (Å²) in [7, 11) is 0. The summed E-state index contributed by atoms with van der Waals surface area (Å²) in [6.45, 7) is 17.2. The van der Waals surface area contributed by atoms with Gasteiger partial charge in [-0.3, -0.25) is 20.1 Å². The van der Waals surface area contributed by atoms with Crippen LogP contribution in [0, 0.1) is 11.8 Å². The van der Waals surface area contributed by atoms with Gasteiger partial charge in [0.1, 0.15) is 30.3 Å². The van der Waals surface area contributed by atoms with Crippen LogP contribution in [-0.2, 0) is 15.6 Å². The Balaban J connectivity index is 0.938. The summed E-state index contributed by atoms with van der Waals surface area (Å²) in [5, 5.41) is 23.9. The number of hydrogen-bond donors (Lipinski definition) is 5. The molecule has 3 aromatic heterocycles. The Kier molecular flexibility index (Phi) is 10.2. The fourth-order valence-electron chi connectivity index (χ4n) is 6.15. The highest BCUT2D eigenvalue weighted by Crippen LogP contribution is 2.28. The first kappa shape index (κ1) is 35.0. The molecule has 4 heterocycles. The number of nitrogens with one attached hydrogen (secondary N) is 5. The highest BCUT2D eigenvalue weighted by atomic mass is 16.5. The van der Waals surface area contributed by atoms with Crippen LogP contribution in [0.4, 0.5) is 22.1 Å². The number of anilines is 3. The Morgan fingerprint density at radius 1 is 0.940 bits per heavy atom. The number of fused-ring (bicyclic) bond motifs is 1. The van der Waals surface area contributed by atoms with Crippen LogP contribution in [0.15, 0.2) is 60.9 Å². The van der Waals surface area contributed by atoms with E-state index in [1.807, 2.05) is 53.1 Å². The number of rotatable bonds is 11. The van der Waals surface area contributed by atoms with Crippen molar-refractivity contribution in [2.45, 2.75) is 84.7 Å². The van der Waals surface area contributed by atoms with Gasteiger partial charge in [-0.2, -0.15) is 10.2 Å². The van der Waals surface area contributed by atoms with Crippen LogP contribution >= 0.6 is 0 Å². The summed E-state index contributed by atoms with van der Waals surface area (Å²) in [4.78, 5) is 17.2. The molecule has 0 spiro atoms. The van der Waals surface area contributed by atoms with Gasteiger partial charge in [0.15, 0.2) is 0 Å². The summed E-state index contributed by atoms with van der Waals surface area (Å²) in [6.07, 6.45) is 5.14. The maximum absolute atomic E-state index is 12.5. The van der Waals surface area contributed by atoms with Crippen LogP contribution in [0.5, 0.6) is 5.75 Å². The Labute approximate surface area is 294 Å². The van der Waals surface area contributed by atoms with E-state index in [0.717, 1.165) is 72.1 Å². The van der Waals surface area contributed by atoms with Gasteiger partial charge >= 0.3 is 6.03 Å². The van der Waals surface area contributed by atoms with E-state index in [1.165, 1.54) is 0 Å². The molecule has 0 radical (unpaired) electrons. The molecule has 2 aromatic carbocycles. The zero-order valence-corrected chi connectivity index (χ0v) is 30.3. The van der Waals surface area contributed by atoms with Gasteiger partial charge in [0.2, 0.25) is 0 Å². The van der Waals surface area contributed by atoms with Crippen LogP contribution in [0.2, 0.25) is 0 Å². The van der Waals surface area contributed by atoms with E-state index < -0.39 is 0 Å². The predicted molar refractivity (Wildman–Crippen MR) is 199 cm³/mol. The molecule has 1 saturated heterocycles. The molecule has 5 N–H and O–H groups in total. The first-order chi connectivity index (χ1) is 23.8. The zero-order chi connectivity index (χ0) is 35.5. The summed E-state index contributed by atoms with van der Waals surface area (Å²) in [6, 6.07) is 17.2. The van der Waals surface area contributed by atoms with Crippen LogP contribution in [-0.4, -0.2) is 61.8 Å². The van der Waals surface area contributed by atoms with Crippen molar-refractivity contribution in [2.75, 3.05) is 35.7 Å². The van der Waals surface area contributed by atoms with Crippen molar-refractivity contribution in [3.63, 3.8) is 0 Å². The van der Waals surface area contributed by atoms with Crippen molar-refractivity contribution in [1.82, 2.24) is 29.9 Å². The number of benzene rings is 2. The van der Waals surface area contributed by atoms with Crippen LogP contribution in [0.3, 0.4) is 0 Å². The molecule has 0 bridgehead atoms. The van der Waals surface area contributed by atoms with Gasteiger partial charge in [-0.1, -0.05) is 48.5 Å². The summed E-state index contributed by atoms with van der Waals surface area (Å²) < 4.78 is 14.4. The molecule has 1 fully saturated rings. The third-order valence-corrected chi connectivity index (χ3v) is 9.14. The smallest absolute Gasteiger partial charge is 0.324 e.